The van der Waals surface area contributed by atoms with E-state index in [0.717, 1.165) is 24.3 Å². The summed E-state index contributed by atoms with van der Waals surface area (Å²) in [6.45, 7) is 0. The Kier molecular flexibility index (Phi) is 3.38. The average Bonchev–Trinajstić information content (AvgIpc) is 2.15. The van der Waals surface area contributed by atoms with E-state index in [0.29, 0.717) is 0 Å². The Labute approximate surface area is 89.3 Å². The molecule has 0 aromatic heterocycles. The first-order valence-electron chi connectivity index (χ1n) is 3.92. The summed E-state index contributed by atoms with van der Waals surface area (Å²) in [4.78, 5) is 37.7. The predicted octanol–water partition coefficient (Wildman–Crippen LogP) is 0.417. The Morgan fingerprint density at radius 1 is 1.31 bits per heavy atom. The van der Waals surface area contributed by atoms with Crippen molar-refractivity contribution in [2.45, 2.75) is 0 Å². The van der Waals surface area contributed by atoms with E-state index in [4.69, 9.17) is 9.79 Å². The fourth-order valence-electron chi connectivity index (χ4n) is 0.931. The van der Waals surface area contributed by atoms with Crippen molar-refractivity contribution in [3.05, 3.63) is 39.9 Å². The molecule has 0 bridgehead atoms. The lowest BCUT2D eigenvalue weighted by Gasteiger charge is -2.05. The van der Waals surface area contributed by atoms with Crippen LogP contribution in [0.3, 0.4) is 0 Å². The van der Waals surface area contributed by atoms with Crippen LogP contribution in [0.5, 0.6) is 0 Å². The van der Waals surface area contributed by atoms with Gasteiger partial charge in [0.15, 0.2) is 0 Å². The summed E-state index contributed by atoms with van der Waals surface area (Å²) < 4.78 is 10.4. The minimum absolute atomic E-state index is 0.0751. The van der Waals surface area contributed by atoms with Gasteiger partial charge >= 0.3 is 7.75 Å². The molecular weight excluding hydrogens is 239 g/mol. The lowest BCUT2D eigenvalue weighted by molar-refractivity contribution is -0.384. The first-order chi connectivity index (χ1) is 7.29. The Balaban J connectivity index is 2.86. The summed E-state index contributed by atoms with van der Waals surface area (Å²) in [5, 5.41) is 11.7. The molecule has 0 radical (unpaired) electrons. The average molecular weight is 246 g/mol. The molecule has 0 saturated heterocycles. The molecule has 0 saturated carbocycles. The van der Waals surface area contributed by atoms with Gasteiger partial charge in [-0.2, -0.15) is 0 Å². The van der Waals surface area contributed by atoms with Crippen LogP contribution >= 0.6 is 7.75 Å². The molecule has 1 aromatic carbocycles. The van der Waals surface area contributed by atoms with Crippen molar-refractivity contribution < 1.29 is 24.1 Å². The highest BCUT2D eigenvalue weighted by Gasteiger charge is 2.18. The van der Waals surface area contributed by atoms with Gasteiger partial charge in [-0.05, 0) is 12.1 Å². The second-order valence-electron chi connectivity index (χ2n) is 2.79. The number of hydrogen-bond acceptors (Lipinski definition) is 4. The normalized spacial score (nSPS) is 10.9. The number of hydrogen-bond donors (Lipinski definition) is 3. The van der Waals surface area contributed by atoms with E-state index < -0.39 is 18.6 Å². The maximum atomic E-state index is 11.2. The zero-order valence-electron chi connectivity index (χ0n) is 7.73. The Morgan fingerprint density at radius 3 is 2.19 bits per heavy atom. The van der Waals surface area contributed by atoms with Crippen molar-refractivity contribution in [2.24, 2.45) is 0 Å². The van der Waals surface area contributed by atoms with Gasteiger partial charge in [0.25, 0.3) is 11.6 Å². The number of nitro benzene ring substituents is 1. The fraction of sp³-hybridized carbons (Fsp3) is 0. The molecule has 1 aromatic rings. The molecule has 0 aliphatic carbocycles. The molecule has 0 atom stereocenters. The number of amides is 1. The second kappa shape index (κ2) is 4.40. The van der Waals surface area contributed by atoms with Gasteiger partial charge in [0, 0.05) is 17.7 Å². The van der Waals surface area contributed by atoms with E-state index >= 15 is 0 Å². The van der Waals surface area contributed by atoms with Crippen molar-refractivity contribution >= 4 is 19.3 Å². The van der Waals surface area contributed by atoms with Gasteiger partial charge in [0.05, 0.1) is 4.92 Å². The number of nitrogens with zero attached hydrogens (tertiary/aromatic N) is 1. The lowest BCUT2D eigenvalue weighted by atomic mass is 10.2. The molecular formula is C7H7N2O6P. The van der Waals surface area contributed by atoms with Gasteiger partial charge in [0.1, 0.15) is 0 Å². The van der Waals surface area contributed by atoms with Gasteiger partial charge in [-0.1, -0.05) is 0 Å². The van der Waals surface area contributed by atoms with Crippen LogP contribution in [0.25, 0.3) is 0 Å². The highest BCUT2D eigenvalue weighted by atomic mass is 31.2. The minimum atomic E-state index is -4.65. The molecule has 0 spiro atoms. The van der Waals surface area contributed by atoms with Crippen molar-refractivity contribution in [1.82, 2.24) is 5.09 Å². The summed E-state index contributed by atoms with van der Waals surface area (Å²) >= 11 is 0. The van der Waals surface area contributed by atoms with E-state index in [2.05, 4.69) is 0 Å². The van der Waals surface area contributed by atoms with Crippen LogP contribution in [0.2, 0.25) is 0 Å². The van der Waals surface area contributed by atoms with Crippen LogP contribution in [-0.2, 0) is 4.57 Å². The van der Waals surface area contributed by atoms with E-state index in [1.807, 2.05) is 0 Å². The zero-order valence-corrected chi connectivity index (χ0v) is 8.63. The summed E-state index contributed by atoms with van der Waals surface area (Å²) in [6, 6.07) is 4.33. The standard InChI is InChI=1S/C7H7N2O6P/c10-7(8-16(13,14)15)5-1-3-6(4-2-5)9(11)12/h1-4H,(H3,8,10,13,14,15). The van der Waals surface area contributed by atoms with Crippen molar-refractivity contribution in [3.63, 3.8) is 0 Å². The van der Waals surface area contributed by atoms with Crippen LogP contribution in [0, 0.1) is 10.1 Å². The van der Waals surface area contributed by atoms with Gasteiger partial charge < -0.3 is 9.79 Å². The smallest absolute Gasteiger partial charge is 0.308 e. The van der Waals surface area contributed by atoms with Gasteiger partial charge in [0.2, 0.25) is 0 Å². The number of carbonyl (C=O) groups is 1. The van der Waals surface area contributed by atoms with E-state index in [1.54, 1.807) is 0 Å². The van der Waals surface area contributed by atoms with Crippen LogP contribution in [0.4, 0.5) is 5.69 Å². The SMILES string of the molecule is O=C(NP(=O)(O)O)c1ccc([N+](=O)[O-])cc1. The van der Waals surface area contributed by atoms with Gasteiger partial charge in [-0.3, -0.25) is 20.0 Å². The van der Waals surface area contributed by atoms with E-state index in [1.165, 1.54) is 5.09 Å². The number of rotatable bonds is 3. The van der Waals surface area contributed by atoms with Crippen molar-refractivity contribution in [3.8, 4) is 0 Å². The summed E-state index contributed by atoms with van der Waals surface area (Å²) in [7, 11) is -4.65. The summed E-state index contributed by atoms with van der Waals surface area (Å²) in [5.41, 5.74) is -0.290. The quantitative estimate of drug-likeness (QED) is 0.402. The number of non-ortho nitro benzene ring substituents is 1. The summed E-state index contributed by atoms with van der Waals surface area (Å²) in [6.07, 6.45) is 0. The molecule has 86 valence electrons. The maximum absolute atomic E-state index is 11.2. The topological polar surface area (TPSA) is 130 Å². The van der Waals surface area contributed by atoms with Crippen molar-refractivity contribution in [1.29, 1.82) is 0 Å². The monoisotopic (exact) mass is 246 g/mol. The zero-order chi connectivity index (χ0) is 12.3. The minimum Gasteiger partial charge on any atom is -0.308 e. The van der Waals surface area contributed by atoms with E-state index in [9.17, 15) is 19.5 Å². The maximum Gasteiger partial charge on any atom is 0.430 e. The Hall–Kier alpha value is -1.76. The number of carbonyl (C=O) groups excluding carboxylic acids is 1. The molecule has 9 heteroatoms. The largest absolute Gasteiger partial charge is 0.430 e. The highest BCUT2D eigenvalue weighted by molar-refractivity contribution is 7.50. The van der Waals surface area contributed by atoms with Crippen LogP contribution in [-0.4, -0.2) is 20.6 Å². The molecule has 1 rings (SSSR count). The molecule has 0 aliphatic heterocycles. The molecule has 8 nitrogen and oxygen atoms in total. The second-order valence-corrected chi connectivity index (χ2v) is 4.10. The third kappa shape index (κ3) is 3.43. The third-order valence-corrected chi connectivity index (χ3v) is 2.08. The molecule has 0 fully saturated rings. The Bertz CT molecular complexity index is 464. The third-order valence-electron chi connectivity index (χ3n) is 1.59. The van der Waals surface area contributed by atoms with Crippen LogP contribution < -0.4 is 5.09 Å². The molecule has 1 amide bonds. The molecule has 0 unspecified atom stereocenters. The Morgan fingerprint density at radius 2 is 1.81 bits per heavy atom. The van der Waals surface area contributed by atoms with Gasteiger partial charge in [-0.15, -0.1) is 0 Å². The number of nitrogens with one attached hydrogen (secondary N) is 1. The van der Waals surface area contributed by atoms with Gasteiger partial charge in [-0.25, -0.2) is 4.57 Å². The molecule has 0 heterocycles. The van der Waals surface area contributed by atoms with Crippen LogP contribution in [0.15, 0.2) is 24.3 Å². The van der Waals surface area contributed by atoms with Crippen LogP contribution in [0.1, 0.15) is 10.4 Å². The highest BCUT2D eigenvalue weighted by Crippen LogP contribution is 2.28. The lowest BCUT2D eigenvalue weighted by Crippen LogP contribution is -2.19. The number of benzene rings is 1. The molecule has 16 heavy (non-hydrogen) atoms. The van der Waals surface area contributed by atoms with Crippen molar-refractivity contribution in [2.75, 3.05) is 0 Å². The number of nitro groups is 1. The first-order valence-corrected chi connectivity index (χ1v) is 5.53. The first kappa shape index (κ1) is 12.3. The van der Waals surface area contributed by atoms with E-state index in [-0.39, 0.29) is 11.3 Å². The molecule has 0 aliphatic rings. The molecule has 3 N–H and O–H groups in total. The predicted molar refractivity (Wildman–Crippen MR) is 52.6 cm³/mol. The fourth-order valence-corrected chi connectivity index (χ4v) is 1.33. The summed E-state index contributed by atoms with van der Waals surface area (Å²) in [5.74, 6) is -0.997.